The first-order chi connectivity index (χ1) is 12.2. The molecular weight excluding hydrogens is 314 g/mol. The van der Waals surface area contributed by atoms with Crippen molar-refractivity contribution in [3.8, 4) is 5.75 Å². The number of hydrogen-bond acceptors (Lipinski definition) is 3. The molecule has 0 bridgehead atoms. The van der Waals surface area contributed by atoms with Crippen molar-refractivity contribution in [1.29, 1.82) is 0 Å². The van der Waals surface area contributed by atoms with Gasteiger partial charge in [0.15, 0.2) is 11.6 Å². The van der Waals surface area contributed by atoms with Crippen LogP contribution in [0.4, 0.5) is 10.6 Å². The Bertz CT molecular complexity index is 697. The van der Waals surface area contributed by atoms with Gasteiger partial charge < -0.3 is 10.5 Å². The van der Waals surface area contributed by atoms with Crippen LogP contribution in [-0.2, 0) is 0 Å². The maximum Gasteiger partial charge on any atom is 0.320 e. The Balaban J connectivity index is 1.65. The number of pyridine rings is 1. The summed E-state index contributed by atoms with van der Waals surface area (Å²) in [6.07, 6.45) is 6.10. The molecule has 1 fully saturated rings. The zero-order chi connectivity index (χ0) is 17.6. The molecule has 0 unspecified atom stereocenters. The Morgan fingerprint density at radius 2 is 1.88 bits per heavy atom. The van der Waals surface area contributed by atoms with Crippen LogP contribution in [0.2, 0.25) is 0 Å². The van der Waals surface area contributed by atoms with Gasteiger partial charge in [-0.1, -0.05) is 30.3 Å². The minimum Gasteiger partial charge on any atom is -0.493 e. The predicted molar refractivity (Wildman–Crippen MR) is 98.9 cm³/mol. The van der Waals surface area contributed by atoms with Crippen LogP contribution >= 0.6 is 0 Å². The minimum atomic E-state index is -0.484. The average molecular weight is 339 g/mol. The maximum absolute atomic E-state index is 12.0. The molecule has 5 heteroatoms. The van der Waals surface area contributed by atoms with Gasteiger partial charge in [-0.05, 0) is 55.2 Å². The van der Waals surface area contributed by atoms with E-state index < -0.39 is 6.03 Å². The molecule has 0 atom stereocenters. The molecule has 0 saturated heterocycles. The van der Waals surface area contributed by atoms with E-state index in [1.807, 2.05) is 0 Å². The Morgan fingerprint density at radius 3 is 2.52 bits per heavy atom. The number of amides is 2. The third-order valence-electron chi connectivity index (χ3n) is 5.05. The van der Waals surface area contributed by atoms with Crippen LogP contribution in [0.15, 0.2) is 48.7 Å². The molecule has 132 valence electrons. The zero-order valence-electron chi connectivity index (χ0n) is 14.6. The highest BCUT2D eigenvalue weighted by Gasteiger charge is 2.27. The fourth-order valence-corrected chi connectivity index (χ4v) is 3.69. The Morgan fingerprint density at radius 1 is 1.16 bits per heavy atom. The van der Waals surface area contributed by atoms with Gasteiger partial charge in [0, 0.05) is 12.7 Å². The maximum atomic E-state index is 12.0. The largest absolute Gasteiger partial charge is 0.493 e. The molecule has 1 aliphatic rings. The van der Waals surface area contributed by atoms with E-state index in [-0.39, 0.29) is 0 Å². The molecular formula is C20H25N3O2. The molecule has 3 rings (SSSR count). The number of anilines is 1. The van der Waals surface area contributed by atoms with Crippen molar-refractivity contribution in [1.82, 2.24) is 4.98 Å². The molecule has 2 aromatic rings. The molecule has 1 heterocycles. The summed E-state index contributed by atoms with van der Waals surface area (Å²) >= 11 is 0. The van der Waals surface area contributed by atoms with Gasteiger partial charge in [-0.25, -0.2) is 9.78 Å². The first kappa shape index (κ1) is 17.3. The third-order valence-corrected chi connectivity index (χ3v) is 5.05. The Kier molecular flexibility index (Phi) is 5.53. The summed E-state index contributed by atoms with van der Waals surface area (Å²) in [5, 5.41) is 0. The number of ether oxygens (including phenoxy) is 1. The number of primary amides is 1. The van der Waals surface area contributed by atoms with Crippen molar-refractivity contribution in [3.05, 3.63) is 54.2 Å². The van der Waals surface area contributed by atoms with E-state index in [4.69, 9.17) is 10.5 Å². The minimum absolute atomic E-state index is 0.430. The second-order valence-corrected chi connectivity index (χ2v) is 6.61. The van der Waals surface area contributed by atoms with Crippen molar-refractivity contribution in [2.45, 2.75) is 31.6 Å². The summed E-state index contributed by atoms with van der Waals surface area (Å²) in [5.74, 6) is 2.12. The van der Waals surface area contributed by atoms with E-state index >= 15 is 0 Å². The molecule has 0 spiro atoms. The molecule has 1 aromatic carbocycles. The summed E-state index contributed by atoms with van der Waals surface area (Å²) in [7, 11) is 1.57. The quantitative estimate of drug-likeness (QED) is 0.897. The molecule has 2 N–H and O–H groups in total. The number of aromatic nitrogens is 1. The van der Waals surface area contributed by atoms with E-state index in [9.17, 15) is 4.79 Å². The second kappa shape index (κ2) is 8.01. The first-order valence-electron chi connectivity index (χ1n) is 8.80. The van der Waals surface area contributed by atoms with E-state index in [2.05, 4.69) is 35.3 Å². The van der Waals surface area contributed by atoms with Gasteiger partial charge in [0.05, 0.1) is 7.11 Å². The number of nitrogens with two attached hydrogens (primary N) is 1. The molecule has 25 heavy (non-hydrogen) atoms. The van der Waals surface area contributed by atoms with Gasteiger partial charge in [0.25, 0.3) is 0 Å². The van der Waals surface area contributed by atoms with Crippen molar-refractivity contribution < 1.29 is 9.53 Å². The van der Waals surface area contributed by atoms with E-state index in [0.29, 0.717) is 29.9 Å². The van der Waals surface area contributed by atoms with E-state index in [1.165, 1.54) is 5.56 Å². The molecule has 1 aromatic heterocycles. The summed E-state index contributed by atoms with van der Waals surface area (Å²) < 4.78 is 5.33. The summed E-state index contributed by atoms with van der Waals surface area (Å²) in [6.45, 7) is 0.588. The van der Waals surface area contributed by atoms with Crippen LogP contribution < -0.4 is 15.4 Å². The zero-order valence-corrected chi connectivity index (χ0v) is 14.6. The Labute approximate surface area is 148 Å². The van der Waals surface area contributed by atoms with Gasteiger partial charge in [-0.15, -0.1) is 0 Å². The number of carbonyl (C=O) groups excluding carboxylic acids is 1. The smallest absolute Gasteiger partial charge is 0.320 e. The molecule has 0 radical (unpaired) electrons. The second-order valence-electron chi connectivity index (χ2n) is 6.61. The van der Waals surface area contributed by atoms with Crippen LogP contribution in [0.1, 0.15) is 37.2 Å². The topological polar surface area (TPSA) is 68.4 Å². The van der Waals surface area contributed by atoms with Crippen LogP contribution in [-0.4, -0.2) is 24.7 Å². The van der Waals surface area contributed by atoms with Gasteiger partial charge in [-0.2, -0.15) is 0 Å². The van der Waals surface area contributed by atoms with E-state index in [1.54, 1.807) is 30.3 Å². The number of nitrogens with zero attached hydrogens (tertiary/aromatic N) is 2. The molecule has 0 aliphatic heterocycles. The van der Waals surface area contributed by atoms with E-state index in [0.717, 1.165) is 25.7 Å². The first-order valence-corrected chi connectivity index (χ1v) is 8.80. The number of urea groups is 1. The summed E-state index contributed by atoms with van der Waals surface area (Å²) in [4.78, 5) is 17.8. The van der Waals surface area contributed by atoms with Gasteiger partial charge >= 0.3 is 6.03 Å². The highest BCUT2D eigenvalue weighted by atomic mass is 16.5. The van der Waals surface area contributed by atoms with Gasteiger partial charge in [0.2, 0.25) is 0 Å². The fraction of sp³-hybridized carbons (Fsp3) is 0.400. The molecule has 2 amide bonds. The van der Waals surface area contributed by atoms with Gasteiger partial charge in [-0.3, -0.25) is 4.90 Å². The SMILES string of the molecule is COc1cccnc1N(CC1CCC(c2ccccc2)CC1)C(N)=O. The van der Waals surface area contributed by atoms with Crippen LogP contribution in [0.3, 0.4) is 0 Å². The number of carbonyl (C=O) groups is 1. The van der Waals surface area contributed by atoms with Crippen LogP contribution in [0, 0.1) is 5.92 Å². The van der Waals surface area contributed by atoms with Crippen molar-refractivity contribution in [2.24, 2.45) is 11.7 Å². The molecule has 5 nitrogen and oxygen atoms in total. The lowest BCUT2D eigenvalue weighted by Gasteiger charge is -2.32. The normalized spacial score (nSPS) is 20.0. The lowest BCUT2D eigenvalue weighted by atomic mass is 9.78. The average Bonchev–Trinajstić information content (AvgIpc) is 2.67. The predicted octanol–water partition coefficient (Wildman–Crippen LogP) is 3.95. The van der Waals surface area contributed by atoms with Crippen LogP contribution in [0.5, 0.6) is 5.75 Å². The lowest BCUT2D eigenvalue weighted by molar-refractivity contribution is 0.249. The monoisotopic (exact) mass is 339 g/mol. The van der Waals surface area contributed by atoms with Crippen molar-refractivity contribution in [2.75, 3.05) is 18.6 Å². The van der Waals surface area contributed by atoms with Crippen molar-refractivity contribution in [3.63, 3.8) is 0 Å². The summed E-state index contributed by atoms with van der Waals surface area (Å²) in [5.41, 5.74) is 7.04. The molecule has 1 aliphatic carbocycles. The third kappa shape index (κ3) is 4.10. The number of hydrogen-bond donors (Lipinski definition) is 1. The number of methoxy groups -OCH3 is 1. The highest BCUT2D eigenvalue weighted by molar-refractivity contribution is 5.91. The summed E-state index contributed by atoms with van der Waals surface area (Å²) in [6, 6.07) is 13.8. The Hall–Kier alpha value is -2.56. The lowest BCUT2D eigenvalue weighted by Crippen LogP contribution is -2.40. The fourth-order valence-electron chi connectivity index (χ4n) is 3.69. The highest BCUT2D eigenvalue weighted by Crippen LogP contribution is 2.37. The van der Waals surface area contributed by atoms with Gasteiger partial charge in [0.1, 0.15) is 0 Å². The van der Waals surface area contributed by atoms with Crippen molar-refractivity contribution >= 4 is 11.8 Å². The van der Waals surface area contributed by atoms with Crippen LogP contribution in [0.25, 0.3) is 0 Å². The molecule has 1 saturated carbocycles. The number of rotatable bonds is 5. The number of benzene rings is 1. The standard InChI is InChI=1S/C20H25N3O2/c1-25-18-8-5-13-22-19(18)23(20(21)24)14-15-9-11-17(12-10-15)16-6-3-2-4-7-16/h2-8,13,15,17H,9-12,14H2,1H3,(H2,21,24).